The molecule has 0 radical (unpaired) electrons. The van der Waals surface area contributed by atoms with E-state index in [0.717, 1.165) is 16.7 Å². The smallest absolute Gasteiger partial charge is 0.258 e. The lowest BCUT2D eigenvalue weighted by Gasteiger charge is -2.21. The standard InChI is InChI=1S/C25H20F2N2O2/c1-15-12-18(24(30)28-10-8-16-4-2-6-20(26)22(16)28)14-19(13-15)25(31)29-11-9-17-5-3-7-21(27)23(17)29/h2-7,12-14H,8-11H2,1H3. The number of para-hydroxylation sites is 2. The van der Waals surface area contributed by atoms with Gasteiger partial charge in [0.25, 0.3) is 11.8 Å². The third-order valence-corrected chi connectivity index (χ3v) is 5.95. The second kappa shape index (κ2) is 7.30. The molecule has 6 heteroatoms. The van der Waals surface area contributed by atoms with Crippen LogP contribution in [-0.4, -0.2) is 24.9 Å². The zero-order chi connectivity index (χ0) is 21.7. The number of aryl methyl sites for hydroxylation is 1. The van der Waals surface area contributed by atoms with Crippen LogP contribution in [0.2, 0.25) is 0 Å². The average Bonchev–Trinajstić information content (AvgIpc) is 3.38. The quantitative estimate of drug-likeness (QED) is 0.606. The van der Waals surface area contributed by atoms with Gasteiger partial charge >= 0.3 is 0 Å². The number of halogens is 2. The monoisotopic (exact) mass is 418 g/mol. The highest BCUT2D eigenvalue weighted by molar-refractivity contribution is 6.11. The van der Waals surface area contributed by atoms with Crippen molar-refractivity contribution in [2.24, 2.45) is 0 Å². The first kappa shape index (κ1) is 19.4. The Morgan fingerprint density at radius 2 is 1.19 bits per heavy atom. The Labute approximate surface area is 178 Å². The van der Waals surface area contributed by atoms with E-state index in [1.165, 1.54) is 28.0 Å². The molecule has 0 aliphatic carbocycles. The van der Waals surface area contributed by atoms with Gasteiger partial charge in [0.2, 0.25) is 0 Å². The fourth-order valence-corrected chi connectivity index (χ4v) is 4.56. The van der Waals surface area contributed by atoms with Crippen LogP contribution in [0.1, 0.15) is 37.4 Å². The van der Waals surface area contributed by atoms with Gasteiger partial charge in [-0.25, -0.2) is 8.78 Å². The molecule has 2 heterocycles. The molecule has 0 bridgehead atoms. The molecule has 2 aliphatic heterocycles. The molecule has 0 atom stereocenters. The minimum Gasteiger partial charge on any atom is -0.305 e. The summed E-state index contributed by atoms with van der Waals surface area (Å²) in [5, 5.41) is 0. The molecule has 2 aliphatic rings. The van der Waals surface area contributed by atoms with Crippen LogP contribution in [0.5, 0.6) is 0 Å². The van der Waals surface area contributed by atoms with Gasteiger partial charge in [-0.15, -0.1) is 0 Å². The van der Waals surface area contributed by atoms with Crippen LogP contribution in [-0.2, 0) is 12.8 Å². The number of hydrogen-bond acceptors (Lipinski definition) is 2. The van der Waals surface area contributed by atoms with Crippen LogP contribution < -0.4 is 9.80 Å². The molecule has 0 unspecified atom stereocenters. The zero-order valence-corrected chi connectivity index (χ0v) is 17.0. The van der Waals surface area contributed by atoms with Crippen LogP contribution in [0.4, 0.5) is 20.2 Å². The third-order valence-electron chi connectivity index (χ3n) is 5.95. The van der Waals surface area contributed by atoms with Crippen molar-refractivity contribution >= 4 is 23.2 Å². The highest BCUT2D eigenvalue weighted by Crippen LogP contribution is 2.34. The summed E-state index contributed by atoms with van der Waals surface area (Å²) in [5.74, 6) is -1.57. The number of carbonyl (C=O) groups excluding carboxylic acids is 2. The molecule has 3 aromatic rings. The second-order valence-corrected chi connectivity index (χ2v) is 8.00. The van der Waals surface area contributed by atoms with E-state index in [9.17, 15) is 18.4 Å². The largest absolute Gasteiger partial charge is 0.305 e. The lowest BCUT2D eigenvalue weighted by Crippen LogP contribution is -2.31. The highest BCUT2D eigenvalue weighted by Gasteiger charge is 2.31. The van der Waals surface area contributed by atoms with Crippen LogP contribution in [0.3, 0.4) is 0 Å². The summed E-state index contributed by atoms with van der Waals surface area (Å²) in [6.07, 6.45) is 1.17. The first-order valence-electron chi connectivity index (χ1n) is 10.2. The molecule has 0 N–H and O–H groups in total. The van der Waals surface area contributed by atoms with E-state index in [2.05, 4.69) is 0 Å². The van der Waals surface area contributed by atoms with Crippen molar-refractivity contribution in [2.45, 2.75) is 19.8 Å². The Morgan fingerprint density at radius 3 is 1.65 bits per heavy atom. The minimum absolute atomic E-state index is 0.303. The summed E-state index contributed by atoms with van der Waals surface area (Å²) in [7, 11) is 0. The van der Waals surface area contributed by atoms with Crippen molar-refractivity contribution in [2.75, 3.05) is 22.9 Å². The van der Waals surface area contributed by atoms with E-state index in [4.69, 9.17) is 0 Å². The van der Waals surface area contributed by atoms with Crippen molar-refractivity contribution in [1.29, 1.82) is 0 Å². The van der Waals surface area contributed by atoms with Gasteiger partial charge in [-0.05, 0) is 66.8 Å². The van der Waals surface area contributed by atoms with Gasteiger partial charge in [0.05, 0.1) is 11.4 Å². The summed E-state index contributed by atoms with van der Waals surface area (Å²) >= 11 is 0. The molecule has 0 spiro atoms. The normalized spacial score (nSPS) is 14.5. The Bertz CT molecular complexity index is 1150. The maximum Gasteiger partial charge on any atom is 0.258 e. The third kappa shape index (κ3) is 3.19. The number of anilines is 2. The first-order chi connectivity index (χ1) is 14.9. The number of rotatable bonds is 2. The number of fused-ring (bicyclic) bond motifs is 2. The summed E-state index contributed by atoms with van der Waals surface area (Å²) < 4.78 is 28.8. The molecule has 156 valence electrons. The SMILES string of the molecule is Cc1cc(C(=O)N2CCc3cccc(F)c32)cc(C(=O)N2CCc3cccc(F)c32)c1. The average molecular weight is 418 g/mol. The number of amides is 2. The Balaban J connectivity index is 1.49. The van der Waals surface area contributed by atoms with E-state index in [1.807, 2.05) is 12.1 Å². The van der Waals surface area contributed by atoms with E-state index in [-0.39, 0.29) is 11.8 Å². The Morgan fingerprint density at radius 1 is 0.742 bits per heavy atom. The number of nitrogens with zero attached hydrogens (tertiary/aromatic N) is 2. The summed E-state index contributed by atoms with van der Waals surface area (Å²) in [6, 6.07) is 14.5. The first-order valence-corrected chi connectivity index (χ1v) is 10.2. The molecular weight excluding hydrogens is 398 g/mol. The zero-order valence-electron chi connectivity index (χ0n) is 17.0. The molecular formula is C25H20F2N2O2. The number of carbonyl (C=O) groups is 2. The molecule has 0 saturated carbocycles. The molecule has 4 nitrogen and oxygen atoms in total. The Hall–Kier alpha value is -3.54. The lowest BCUT2D eigenvalue weighted by molar-refractivity contribution is 0.0988. The maximum atomic E-state index is 14.4. The summed E-state index contributed by atoms with van der Waals surface area (Å²) in [6.45, 7) is 2.57. The molecule has 0 fully saturated rings. The molecule has 5 rings (SSSR count). The van der Waals surface area contributed by atoms with Gasteiger partial charge < -0.3 is 9.80 Å². The molecule has 3 aromatic carbocycles. The van der Waals surface area contributed by atoms with E-state index in [0.29, 0.717) is 48.4 Å². The summed E-state index contributed by atoms with van der Waals surface area (Å²) in [5.41, 5.74) is 3.55. The Kier molecular flexibility index (Phi) is 4.58. The van der Waals surface area contributed by atoms with E-state index in [1.54, 1.807) is 31.2 Å². The van der Waals surface area contributed by atoms with Crippen molar-refractivity contribution in [1.82, 2.24) is 0 Å². The maximum absolute atomic E-state index is 14.4. The van der Waals surface area contributed by atoms with Crippen molar-refractivity contribution in [3.63, 3.8) is 0 Å². The van der Waals surface area contributed by atoms with Crippen molar-refractivity contribution in [3.05, 3.63) is 94.0 Å². The van der Waals surface area contributed by atoms with Crippen LogP contribution in [0.15, 0.2) is 54.6 Å². The van der Waals surface area contributed by atoms with E-state index >= 15 is 0 Å². The lowest BCUT2D eigenvalue weighted by atomic mass is 10.0. The molecule has 0 saturated heterocycles. The van der Waals surface area contributed by atoms with Gasteiger partial charge in [0.1, 0.15) is 11.6 Å². The predicted octanol–water partition coefficient (Wildman–Crippen LogP) is 4.68. The molecule has 0 aromatic heterocycles. The topological polar surface area (TPSA) is 40.6 Å². The van der Waals surface area contributed by atoms with Crippen LogP contribution >= 0.6 is 0 Å². The minimum atomic E-state index is -0.434. The van der Waals surface area contributed by atoms with Gasteiger partial charge in [-0.1, -0.05) is 24.3 Å². The second-order valence-electron chi connectivity index (χ2n) is 8.00. The van der Waals surface area contributed by atoms with E-state index < -0.39 is 11.6 Å². The molecule has 2 amide bonds. The van der Waals surface area contributed by atoms with Crippen molar-refractivity contribution in [3.8, 4) is 0 Å². The van der Waals surface area contributed by atoms with Crippen LogP contribution in [0, 0.1) is 18.6 Å². The van der Waals surface area contributed by atoms with Gasteiger partial charge in [-0.2, -0.15) is 0 Å². The number of benzene rings is 3. The fraction of sp³-hybridized carbons (Fsp3) is 0.200. The molecule has 31 heavy (non-hydrogen) atoms. The van der Waals surface area contributed by atoms with Crippen LogP contribution in [0.25, 0.3) is 0 Å². The summed E-state index contributed by atoms with van der Waals surface area (Å²) in [4.78, 5) is 29.3. The van der Waals surface area contributed by atoms with Crippen molar-refractivity contribution < 1.29 is 18.4 Å². The highest BCUT2D eigenvalue weighted by atomic mass is 19.1. The van der Waals surface area contributed by atoms with Gasteiger partial charge in [0, 0.05) is 24.2 Å². The fourth-order valence-electron chi connectivity index (χ4n) is 4.56. The number of hydrogen-bond donors (Lipinski definition) is 0. The van der Waals surface area contributed by atoms with Gasteiger partial charge in [0.15, 0.2) is 0 Å². The van der Waals surface area contributed by atoms with Gasteiger partial charge in [-0.3, -0.25) is 9.59 Å². The predicted molar refractivity (Wildman–Crippen MR) is 115 cm³/mol.